The van der Waals surface area contributed by atoms with Crippen molar-refractivity contribution < 1.29 is 14.5 Å². The number of nitro groups is 1. The second-order valence-electron chi connectivity index (χ2n) is 9.44. The van der Waals surface area contributed by atoms with Crippen LogP contribution in [0.4, 0.5) is 0 Å². The molecule has 1 aromatic heterocycles. The lowest BCUT2D eigenvalue weighted by molar-refractivity contribution is -0.424. The molecule has 2 atom stereocenters. The Bertz CT molecular complexity index is 1110. The summed E-state index contributed by atoms with van der Waals surface area (Å²) in [6.07, 6.45) is 4.44. The van der Waals surface area contributed by atoms with E-state index in [1.807, 2.05) is 57.6 Å². The summed E-state index contributed by atoms with van der Waals surface area (Å²) in [5.74, 6) is -0.483. The Morgan fingerprint density at radius 3 is 2.46 bits per heavy atom. The molecule has 3 aliphatic rings. The van der Waals surface area contributed by atoms with Crippen LogP contribution in [0.3, 0.4) is 0 Å². The third-order valence-corrected chi connectivity index (χ3v) is 8.35. The summed E-state index contributed by atoms with van der Waals surface area (Å²) in [5.41, 5.74) is 1.46. The van der Waals surface area contributed by atoms with Crippen molar-refractivity contribution in [3.05, 3.63) is 79.8 Å². The van der Waals surface area contributed by atoms with Crippen molar-refractivity contribution >= 4 is 23.2 Å². The molecule has 0 spiro atoms. The van der Waals surface area contributed by atoms with E-state index in [-0.39, 0.29) is 23.6 Å². The van der Waals surface area contributed by atoms with Gasteiger partial charge < -0.3 is 14.7 Å². The molecule has 0 bridgehead atoms. The first-order valence-corrected chi connectivity index (χ1v) is 13.2. The summed E-state index contributed by atoms with van der Waals surface area (Å²) < 4.78 is 0. The fourth-order valence-corrected chi connectivity index (χ4v) is 6.49. The number of carbonyl (C=O) groups is 2. The molecule has 2 aliphatic heterocycles. The van der Waals surface area contributed by atoms with Crippen LogP contribution in [-0.4, -0.2) is 70.2 Å². The number of fused-ring (bicyclic) bond motifs is 1. The first kappa shape index (κ1) is 23.5. The zero-order valence-corrected chi connectivity index (χ0v) is 20.5. The lowest BCUT2D eigenvalue weighted by Crippen LogP contribution is -2.57. The minimum atomic E-state index is -0.471. The van der Waals surface area contributed by atoms with Crippen molar-refractivity contribution in [3.63, 3.8) is 0 Å². The number of rotatable bonds is 6. The first-order chi connectivity index (χ1) is 17.0. The van der Waals surface area contributed by atoms with Crippen molar-refractivity contribution in [2.75, 3.05) is 32.7 Å². The van der Waals surface area contributed by atoms with E-state index >= 15 is 0 Å². The maximum Gasteiger partial charge on any atom is 0.352 e. The van der Waals surface area contributed by atoms with Gasteiger partial charge in [-0.15, -0.1) is 11.3 Å². The molecule has 2 amide bonds. The predicted octanol–water partition coefficient (Wildman–Crippen LogP) is 3.64. The van der Waals surface area contributed by atoms with Crippen LogP contribution in [0.25, 0.3) is 0 Å². The Hall–Kier alpha value is -3.20. The van der Waals surface area contributed by atoms with Crippen LogP contribution in [0.2, 0.25) is 0 Å². The first-order valence-electron chi connectivity index (χ1n) is 12.4. The van der Waals surface area contributed by atoms with Crippen molar-refractivity contribution in [2.24, 2.45) is 5.92 Å². The van der Waals surface area contributed by atoms with Crippen LogP contribution in [0.15, 0.2) is 59.2 Å². The summed E-state index contributed by atoms with van der Waals surface area (Å²) in [6, 6.07) is 13.6. The number of piperazine rings is 1. The van der Waals surface area contributed by atoms with Gasteiger partial charge in [0.25, 0.3) is 5.91 Å². The molecule has 2 aromatic rings. The predicted molar refractivity (Wildman–Crippen MR) is 133 cm³/mol. The summed E-state index contributed by atoms with van der Waals surface area (Å²) in [7, 11) is 0. The van der Waals surface area contributed by atoms with Crippen LogP contribution in [0.5, 0.6) is 0 Å². The minimum Gasteiger partial charge on any atom is -0.365 e. The van der Waals surface area contributed by atoms with Gasteiger partial charge in [0.1, 0.15) is 5.70 Å². The third-order valence-electron chi connectivity index (χ3n) is 7.49. The highest BCUT2D eigenvalue weighted by Crippen LogP contribution is 2.41. The highest BCUT2D eigenvalue weighted by Gasteiger charge is 2.49. The summed E-state index contributed by atoms with van der Waals surface area (Å²) in [6.45, 7) is 2.48. The fourth-order valence-electron chi connectivity index (χ4n) is 5.80. The average molecular weight is 495 g/mol. The van der Waals surface area contributed by atoms with E-state index < -0.39 is 10.8 Å². The number of amides is 2. The zero-order valence-electron chi connectivity index (χ0n) is 19.7. The molecule has 1 saturated carbocycles. The molecular weight excluding hydrogens is 464 g/mol. The van der Waals surface area contributed by atoms with Gasteiger partial charge in [-0.3, -0.25) is 19.7 Å². The molecular formula is C26H30N4O4S. The molecule has 9 heteroatoms. The quantitative estimate of drug-likeness (QED) is 0.452. The minimum absolute atomic E-state index is 0.00507. The molecule has 184 valence electrons. The highest BCUT2D eigenvalue weighted by molar-refractivity contribution is 7.12. The van der Waals surface area contributed by atoms with Crippen LogP contribution in [0.1, 0.15) is 40.9 Å². The zero-order chi connectivity index (χ0) is 24.4. The van der Waals surface area contributed by atoms with E-state index in [0.29, 0.717) is 49.7 Å². The Morgan fingerprint density at radius 2 is 1.77 bits per heavy atom. The molecule has 2 fully saturated rings. The summed E-state index contributed by atoms with van der Waals surface area (Å²) in [4.78, 5) is 44.4. The molecule has 2 unspecified atom stereocenters. The molecule has 1 saturated heterocycles. The number of hydrogen-bond donors (Lipinski definition) is 0. The van der Waals surface area contributed by atoms with Gasteiger partial charge >= 0.3 is 11.6 Å². The summed E-state index contributed by atoms with van der Waals surface area (Å²) >= 11 is 1.42. The van der Waals surface area contributed by atoms with Crippen molar-refractivity contribution in [3.8, 4) is 0 Å². The lowest BCUT2D eigenvalue weighted by Gasteiger charge is -2.47. The molecule has 8 nitrogen and oxygen atoms in total. The Labute approximate surface area is 209 Å². The van der Waals surface area contributed by atoms with Gasteiger partial charge in [-0.25, -0.2) is 0 Å². The van der Waals surface area contributed by atoms with E-state index in [2.05, 4.69) is 0 Å². The molecule has 1 aliphatic carbocycles. The van der Waals surface area contributed by atoms with Crippen LogP contribution in [-0.2, 0) is 11.2 Å². The monoisotopic (exact) mass is 494 g/mol. The van der Waals surface area contributed by atoms with Gasteiger partial charge in [-0.05, 0) is 36.3 Å². The fraction of sp³-hybridized carbons (Fsp3) is 0.462. The molecule has 35 heavy (non-hydrogen) atoms. The number of thiophene rings is 1. The van der Waals surface area contributed by atoms with Gasteiger partial charge in [0, 0.05) is 44.7 Å². The van der Waals surface area contributed by atoms with Gasteiger partial charge in [0.05, 0.1) is 9.80 Å². The Balaban J connectivity index is 1.38. The van der Waals surface area contributed by atoms with E-state index in [4.69, 9.17) is 0 Å². The number of hydrogen-bond acceptors (Lipinski definition) is 6. The van der Waals surface area contributed by atoms with Gasteiger partial charge in [0.15, 0.2) is 0 Å². The second-order valence-corrected chi connectivity index (χ2v) is 10.4. The van der Waals surface area contributed by atoms with Crippen molar-refractivity contribution in [2.45, 2.75) is 38.1 Å². The number of benzene rings is 1. The van der Waals surface area contributed by atoms with Gasteiger partial charge in [0.2, 0.25) is 0 Å². The highest BCUT2D eigenvalue weighted by atomic mass is 32.1. The Kier molecular flexibility index (Phi) is 6.86. The van der Waals surface area contributed by atoms with Gasteiger partial charge in [-0.1, -0.05) is 49.2 Å². The average Bonchev–Trinajstić information content (AvgIpc) is 3.43. The van der Waals surface area contributed by atoms with Crippen LogP contribution in [0, 0.1) is 16.0 Å². The normalized spacial score (nSPS) is 22.9. The topological polar surface area (TPSA) is 87.0 Å². The van der Waals surface area contributed by atoms with Crippen molar-refractivity contribution in [1.82, 2.24) is 14.7 Å². The van der Waals surface area contributed by atoms with Gasteiger partial charge in [-0.2, -0.15) is 0 Å². The lowest BCUT2D eigenvalue weighted by atomic mass is 9.77. The Morgan fingerprint density at radius 1 is 1.03 bits per heavy atom. The number of carbonyl (C=O) groups excluding carboxylic acids is 2. The van der Waals surface area contributed by atoms with E-state index in [0.717, 1.165) is 31.2 Å². The van der Waals surface area contributed by atoms with Crippen LogP contribution < -0.4 is 0 Å². The maximum atomic E-state index is 13.6. The standard InChI is InChI=1S/C26H30N4O4S/c31-25(22-11-6-18-35-22)28-16-14-27(15-17-28)23-20-9-4-5-10-21(20)29(26(32)24(23)30(33)34)13-12-19-7-2-1-3-8-19/h1-3,6-8,11,18,20-21H,4-5,9-10,12-17H2. The third kappa shape index (κ3) is 4.69. The van der Waals surface area contributed by atoms with E-state index in [9.17, 15) is 19.7 Å². The van der Waals surface area contributed by atoms with Crippen molar-refractivity contribution in [1.29, 1.82) is 0 Å². The number of nitrogens with zero attached hydrogens (tertiary/aromatic N) is 4. The molecule has 0 N–H and O–H groups in total. The van der Waals surface area contributed by atoms with E-state index in [1.165, 1.54) is 11.3 Å². The van der Waals surface area contributed by atoms with Crippen LogP contribution >= 0.6 is 11.3 Å². The molecule has 3 heterocycles. The largest absolute Gasteiger partial charge is 0.365 e. The second kappa shape index (κ2) is 10.2. The molecule has 1 aromatic carbocycles. The molecule has 0 radical (unpaired) electrons. The SMILES string of the molecule is O=C(c1cccs1)N1CCN(C2=C([N+](=O)[O-])C(=O)N(CCc3ccccc3)C3CCCCC23)CC1. The maximum absolute atomic E-state index is 13.6. The smallest absolute Gasteiger partial charge is 0.352 e. The summed E-state index contributed by atoms with van der Waals surface area (Å²) in [5, 5.41) is 14.1. The molecule has 5 rings (SSSR count). The van der Waals surface area contributed by atoms with E-state index in [1.54, 1.807) is 4.90 Å².